The zero-order chi connectivity index (χ0) is 11.7. The van der Waals surface area contributed by atoms with Gasteiger partial charge in [0.15, 0.2) is 0 Å². The first-order valence-electron chi connectivity index (χ1n) is 4.77. The van der Waals surface area contributed by atoms with E-state index in [-0.39, 0.29) is 11.2 Å². The number of hydrogen-bond acceptors (Lipinski definition) is 3. The van der Waals surface area contributed by atoms with Crippen molar-refractivity contribution in [2.75, 3.05) is 7.11 Å². The minimum atomic E-state index is -0.567. The largest absolute Gasteiger partial charge is 0.464 e. The molecule has 0 saturated heterocycles. The number of hydrogen-bond donors (Lipinski definition) is 0. The second kappa shape index (κ2) is 3.89. The average Bonchev–Trinajstić information content (AvgIpc) is 2.32. The zero-order valence-corrected chi connectivity index (χ0v) is 8.95. The van der Waals surface area contributed by atoms with Crippen molar-refractivity contribution in [3.05, 3.63) is 41.3 Å². The Morgan fingerprint density at radius 3 is 2.75 bits per heavy atom. The van der Waals surface area contributed by atoms with Gasteiger partial charge in [0.05, 0.1) is 7.11 Å². The number of aryl methyl sites for hydroxylation is 1. The molecular formula is C12H10FNO2. The van der Waals surface area contributed by atoms with Crippen LogP contribution in [0.25, 0.3) is 10.9 Å². The van der Waals surface area contributed by atoms with Crippen molar-refractivity contribution in [1.82, 2.24) is 4.98 Å². The van der Waals surface area contributed by atoms with Gasteiger partial charge in [0.25, 0.3) is 0 Å². The van der Waals surface area contributed by atoms with Crippen molar-refractivity contribution in [2.45, 2.75) is 6.92 Å². The molecule has 1 aromatic carbocycles. The van der Waals surface area contributed by atoms with Gasteiger partial charge in [-0.1, -0.05) is 12.1 Å². The molecule has 2 aromatic rings. The van der Waals surface area contributed by atoms with E-state index in [1.165, 1.54) is 19.2 Å². The average molecular weight is 219 g/mol. The Balaban J connectivity index is 2.70. The number of carbonyl (C=O) groups excluding carboxylic acids is 1. The van der Waals surface area contributed by atoms with Gasteiger partial charge in [0.2, 0.25) is 0 Å². The summed E-state index contributed by atoms with van der Waals surface area (Å²) < 4.78 is 18.0. The summed E-state index contributed by atoms with van der Waals surface area (Å²) in [5.41, 5.74) is 1.22. The number of ether oxygens (including phenoxy) is 1. The molecule has 2 rings (SSSR count). The van der Waals surface area contributed by atoms with Gasteiger partial charge in [-0.05, 0) is 24.6 Å². The van der Waals surface area contributed by atoms with Gasteiger partial charge in [-0.15, -0.1) is 0 Å². The Bertz CT molecular complexity index is 566. The van der Waals surface area contributed by atoms with Crippen molar-refractivity contribution in [3.63, 3.8) is 0 Å². The van der Waals surface area contributed by atoms with Gasteiger partial charge in [0, 0.05) is 5.39 Å². The smallest absolute Gasteiger partial charge is 0.356 e. The molecule has 0 unspecified atom stereocenters. The summed E-state index contributed by atoms with van der Waals surface area (Å²) in [5, 5.41) is 0.702. The summed E-state index contributed by atoms with van der Waals surface area (Å²) in [4.78, 5) is 15.2. The molecule has 1 heterocycles. The van der Waals surface area contributed by atoms with Gasteiger partial charge >= 0.3 is 5.97 Å². The Labute approximate surface area is 91.9 Å². The second-order valence-electron chi connectivity index (χ2n) is 3.45. The molecule has 0 aliphatic rings. The first-order chi connectivity index (χ1) is 7.63. The van der Waals surface area contributed by atoms with Crippen molar-refractivity contribution < 1.29 is 13.9 Å². The molecule has 0 bridgehead atoms. The van der Waals surface area contributed by atoms with E-state index in [1.54, 1.807) is 12.1 Å². The third-order valence-electron chi connectivity index (χ3n) is 2.42. The van der Waals surface area contributed by atoms with E-state index in [0.717, 1.165) is 5.56 Å². The van der Waals surface area contributed by atoms with E-state index in [0.29, 0.717) is 5.39 Å². The number of methoxy groups -OCH3 is 1. The van der Waals surface area contributed by atoms with Crippen LogP contribution in [0.3, 0.4) is 0 Å². The number of pyridine rings is 1. The highest BCUT2D eigenvalue weighted by Crippen LogP contribution is 2.20. The van der Waals surface area contributed by atoms with Crippen LogP contribution in [0.2, 0.25) is 0 Å². The molecule has 0 aliphatic carbocycles. The Morgan fingerprint density at radius 1 is 1.31 bits per heavy atom. The molecular weight excluding hydrogens is 209 g/mol. The van der Waals surface area contributed by atoms with Crippen molar-refractivity contribution in [1.29, 1.82) is 0 Å². The Hall–Kier alpha value is -1.97. The van der Waals surface area contributed by atoms with Gasteiger partial charge < -0.3 is 4.74 Å². The molecule has 0 amide bonds. The van der Waals surface area contributed by atoms with E-state index in [9.17, 15) is 9.18 Å². The normalized spacial score (nSPS) is 10.4. The lowest BCUT2D eigenvalue weighted by atomic mass is 10.1. The first kappa shape index (κ1) is 10.5. The zero-order valence-electron chi connectivity index (χ0n) is 8.95. The number of carbonyl (C=O) groups is 1. The van der Waals surface area contributed by atoms with Crippen LogP contribution in [0.4, 0.5) is 4.39 Å². The number of esters is 1. The number of fused-ring (bicyclic) bond motifs is 1. The fraction of sp³-hybridized carbons (Fsp3) is 0.167. The topological polar surface area (TPSA) is 39.2 Å². The minimum Gasteiger partial charge on any atom is -0.464 e. The molecule has 1 aromatic heterocycles. The molecule has 0 aliphatic heterocycles. The van der Waals surface area contributed by atoms with Crippen LogP contribution < -0.4 is 0 Å². The Morgan fingerprint density at radius 2 is 2.06 bits per heavy atom. The van der Waals surface area contributed by atoms with E-state index >= 15 is 0 Å². The first-order valence-corrected chi connectivity index (χ1v) is 4.77. The molecule has 0 spiro atoms. The highest BCUT2D eigenvalue weighted by molar-refractivity contribution is 5.91. The molecule has 4 heteroatoms. The lowest BCUT2D eigenvalue weighted by Crippen LogP contribution is -2.04. The standard InChI is InChI=1S/C12H10FNO2/c1-7-3-5-9(13)11-8(7)4-6-10(14-11)12(15)16-2/h3-6H,1-2H3. The van der Waals surface area contributed by atoms with Crippen LogP contribution in [0.5, 0.6) is 0 Å². The third-order valence-corrected chi connectivity index (χ3v) is 2.42. The number of benzene rings is 1. The fourth-order valence-corrected chi connectivity index (χ4v) is 1.54. The van der Waals surface area contributed by atoms with Gasteiger partial charge in [-0.25, -0.2) is 14.2 Å². The molecule has 3 nitrogen and oxygen atoms in total. The van der Waals surface area contributed by atoms with Crippen LogP contribution in [0, 0.1) is 12.7 Å². The Kier molecular flexibility index (Phi) is 2.56. The predicted molar refractivity (Wildman–Crippen MR) is 57.8 cm³/mol. The van der Waals surface area contributed by atoms with Gasteiger partial charge in [-0.2, -0.15) is 0 Å². The monoisotopic (exact) mass is 219 g/mol. The van der Waals surface area contributed by atoms with Crippen LogP contribution >= 0.6 is 0 Å². The quantitative estimate of drug-likeness (QED) is 0.691. The van der Waals surface area contributed by atoms with Gasteiger partial charge in [0.1, 0.15) is 17.0 Å². The van der Waals surface area contributed by atoms with E-state index < -0.39 is 11.8 Å². The van der Waals surface area contributed by atoms with Crippen molar-refractivity contribution >= 4 is 16.9 Å². The van der Waals surface area contributed by atoms with Crippen LogP contribution in [-0.4, -0.2) is 18.1 Å². The third kappa shape index (κ3) is 1.62. The second-order valence-corrected chi connectivity index (χ2v) is 3.45. The molecule has 16 heavy (non-hydrogen) atoms. The summed E-state index contributed by atoms with van der Waals surface area (Å²) in [6.07, 6.45) is 0. The molecule has 82 valence electrons. The molecule has 0 saturated carbocycles. The van der Waals surface area contributed by atoms with E-state index in [4.69, 9.17) is 0 Å². The highest BCUT2D eigenvalue weighted by Gasteiger charge is 2.11. The van der Waals surface area contributed by atoms with Crippen LogP contribution in [0.1, 0.15) is 16.1 Å². The molecule has 0 atom stereocenters. The molecule has 0 N–H and O–H groups in total. The molecule has 0 radical (unpaired) electrons. The SMILES string of the molecule is COC(=O)c1ccc2c(C)ccc(F)c2n1. The summed E-state index contributed by atoms with van der Waals surface area (Å²) >= 11 is 0. The maximum absolute atomic E-state index is 13.5. The summed E-state index contributed by atoms with van der Waals surface area (Å²) in [6, 6.07) is 6.22. The highest BCUT2D eigenvalue weighted by atomic mass is 19.1. The lowest BCUT2D eigenvalue weighted by molar-refractivity contribution is 0.0594. The summed E-state index contributed by atoms with van der Waals surface area (Å²) in [5.74, 6) is -1.01. The van der Waals surface area contributed by atoms with E-state index in [2.05, 4.69) is 9.72 Å². The van der Waals surface area contributed by atoms with E-state index in [1.807, 2.05) is 6.92 Å². The maximum atomic E-state index is 13.5. The fourth-order valence-electron chi connectivity index (χ4n) is 1.54. The summed E-state index contributed by atoms with van der Waals surface area (Å²) in [6.45, 7) is 1.86. The minimum absolute atomic E-state index is 0.111. The lowest BCUT2D eigenvalue weighted by Gasteiger charge is -2.04. The molecule has 0 fully saturated rings. The van der Waals surface area contributed by atoms with Crippen molar-refractivity contribution in [2.24, 2.45) is 0 Å². The van der Waals surface area contributed by atoms with Crippen LogP contribution in [0.15, 0.2) is 24.3 Å². The summed E-state index contributed by atoms with van der Waals surface area (Å²) in [7, 11) is 1.26. The predicted octanol–water partition coefficient (Wildman–Crippen LogP) is 2.47. The number of aromatic nitrogens is 1. The number of nitrogens with zero attached hydrogens (tertiary/aromatic N) is 1. The maximum Gasteiger partial charge on any atom is 0.356 e. The number of halogens is 1. The van der Waals surface area contributed by atoms with Crippen molar-refractivity contribution in [3.8, 4) is 0 Å². The number of rotatable bonds is 1. The van der Waals surface area contributed by atoms with Gasteiger partial charge in [-0.3, -0.25) is 0 Å². The van der Waals surface area contributed by atoms with Crippen LogP contribution in [-0.2, 0) is 4.74 Å².